The molecular weight excluding hydrogens is 170 g/mol. The lowest BCUT2D eigenvalue weighted by Gasteiger charge is -2.16. The van der Waals surface area contributed by atoms with Crippen LogP contribution < -0.4 is 0 Å². The van der Waals surface area contributed by atoms with Crippen molar-refractivity contribution in [3.8, 4) is 0 Å². The molecule has 0 aliphatic heterocycles. The van der Waals surface area contributed by atoms with Crippen molar-refractivity contribution < 1.29 is 18.6 Å². The predicted molar refractivity (Wildman–Crippen MR) is 37.0 cm³/mol. The predicted octanol–water partition coefficient (Wildman–Crippen LogP) is -0.197. The molecule has 0 aromatic heterocycles. The number of sulfonamides is 1. The Morgan fingerprint density at radius 1 is 1.18 bits per heavy atom. The maximum atomic E-state index is 10.8. The van der Waals surface area contributed by atoms with Crippen molar-refractivity contribution in [2.24, 2.45) is 0 Å². The van der Waals surface area contributed by atoms with E-state index in [1.54, 1.807) is 13.8 Å². The Morgan fingerprint density at radius 3 is 1.64 bits per heavy atom. The van der Waals surface area contributed by atoms with E-state index in [1.165, 1.54) is 0 Å². The van der Waals surface area contributed by atoms with Gasteiger partial charge in [-0.3, -0.25) is 0 Å². The molecule has 0 heterocycles. The third kappa shape index (κ3) is 2.41. The first-order valence-corrected chi connectivity index (χ1v) is 4.77. The Bertz CT molecular complexity index is 195. The third-order valence-corrected chi connectivity index (χ3v) is 3.03. The lowest BCUT2D eigenvalue weighted by molar-refractivity contribution is -0.0759. The Kier molecular flexibility index (Phi) is 3.95. The van der Waals surface area contributed by atoms with Gasteiger partial charge in [0.1, 0.15) is 0 Å². The standard InChI is InChI=1S/C5H11NO4S/c1-3-6(4-2)11(9,10)5(7)8/h5H,3-4H2,1-2H3. The van der Waals surface area contributed by atoms with Gasteiger partial charge in [-0.2, -0.15) is 14.5 Å². The molecule has 0 fully saturated rings. The molecule has 0 aliphatic carbocycles. The lowest BCUT2D eigenvalue weighted by atomic mass is 10.7. The summed E-state index contributed by atoms with van der Waals surface area (Å²) in [5, 5.41) is 20.2. The van der Waals surface area contributed by atoms with Crippen LogP contribution in [0.3, 0.4) is 0 Å². The maximum Gasteiger partial charge on any atom is 0.336 e. The minimum absolute atomic E-state index is 0.166. The molecule has 0 spiro atoms. The van der Waals surface area contributed by atoms with Gasteiger partial charge < -0.3 is 0 Å². The van der Waals surface area contributed by atoms with Gasteiger partial charge in [0, 0.05) is 13.1 Å². The van der Waals surface area contributed by atoms with Gasteiger partial charge in [0.15, 0.2) is 0 Å². The minimum Gasteiger partial charge on any atom is -0.207 e. The van der Waals surface area contributed by atoms with E-state index in [9.17, 15) is 18.6 Å². The first-order valence-electron chi connectivity index (χ1n) is 3.27. The molecule has 6 heteroatoms. The number of nitrogens with zero attached hydrogens (tertiary/aromatic N) is 1. The molecule has 0 atom stereocenters. The van der Waals surface area contributed by atoms with Crippen molar-refractivity contribution in [3.05, 3.63) is 0 Å². The van der Waals surface area contributed by atoms with E-state index in [1.807, 2.05) is 0 Å². The molecule has 0 aromatic carbocycles. The number of rotatable bonds is 4. The molecule has 2 radical (unpaired) electrons. The summed E-state index contributed by atoms with van der Waals surface area (Å²) in [6.45, 7) is 3.48. The normalized spacial score (nSPS) is 12.9. The van der Waals surface area contributed by atoms with Gasteiger partial charge in [-0.1, -0.05) is 13.8 Å². The Balaban J connectivity index is 4.53. The third-order valence-electron chi connectivity index (χ3n) is 1.31. The molecule has 0 amide bonds. The summed E-state index contributed by atoms with van der Waals surface area (Å²) in [6, 6.07) is 0. The van der Waals surface area contributed by atoms with Crippen molar-refractivity contribution in [1.29, 1.82) is 0 Å². The summed E-state index contributed by atoms with van der Waals surface area (Å²) < 4.78 is 22.4. The second kappa shape index (κ2) is 4.01. The van der Waals surface area contributed by atoms with Crippen molar-refractivity contribution in [1.82, 2.24) is 4.31 Å². The summed E-state index contributed by atoms with van der Waals surface area (Å²) in [5.41, 5.74) is -2.80. The molecule has 0 saturated carbocycles. The molecule has 0 bridgehead atoms. The zero-order valence-corrected chi connectivity index (χ0v) is 7.30. The summed E-state index contributed by atoms with van der Waals surface area (Å²) in [5.74, 6) is 0. The highest BCUT2D eigenvalue weighted by Crippen LogP contribution is 2.04. The average molecular weight is 181 g/mol. The molecule has 0 aromatic rings. The summed E-state index contributed by atoms with van der Waals surface area (Å²) >= 11 is 0. The molecule has 0 unspecified atom stereocenters. The maximum absolute atomic E-state index is 10.8. The van der Waals surface area contributed by atoms with Gasteiger partial charge in [-0.05, 0) is 0 Å². The fourth-order valence-electron chi connectivity index (χ4n) is 0.705. The SMILES string of the molecule is CCN(CC)S(=O)(=O)C([O])[O]. The largest absolute Gasteiger partial charge is 0.336 e. The first kappa shape index (κ1) is 10.8. The fourth-order valence-corrected chi connectivity index (χ4v) is 1.67. The van der Waals surface area contributed by atoms with Crippen LogP contribution in [0, 0.1) is 0 Å². The summed E-state index contributed by atoms with van der Waals surface area (Å²) in [6.07, 6.45) is 0. The Labute approximate surface area is 66.3 Å². The van der Waals surface area contributed by atoms with E-state index < -0.39 is 15.6 Å². The van der Waals surface area contributed by atoms with Crippen molar-refractivity contribution in [3.63, 3.8) is 0 Å². The highest BCUT2D eigenvalue weighted by Gasteiger charge is 2.28. The van der Waals surface area contributed by atoms with Gasteiger partial charge >= 0.3 is 5.62 Å². The van der Waals surface area contributed by atoms with Gasteiger partial charge in [-0.25, -0.2) is 8.42 Å². The monoisotopic (exact) mass is 181 g/mol. The zero-order chi connectivity index (χ0) is 9.07. The highest BCUT2D eigenvalue weighted by atomic mass is 32.2. The van der Waals surface area contributed by atoms with E-state index in [0.29, 0.717) is 0 Å². The molecular formula is C5H11NO4S. The molecule has 66 valence electrons. The van der Waals surface area contributed by atoms with Gasteiger partial charge in [0.05, 0.1) is 0 Å². The van der Waals surface area contributed by atoms with E-state index in [-0.39, 0.29) is 13.1 Å². The van der Waals surface area contributed by atoms with Crippen LogP contribution in [0.15, 0.2) is 0 Å². The van der Waals surface area contributed by atoms with Crippen LogP contribution in [0.4, 0.5) is 0 Å². The van der Waals surface area contributed by atoms with E-state index >= 15 is 0 Å². The van der Waals surface area contributed by atoms with Crippen LogP contribution in [-0.2, 0) is 20.2 Å². The quantitative estimate of drug-likeness (QED) is 0.563. The molecule has 11 heavy (non-hydrogen) atoms. The van der Waals surface area contributed by atoms with Gasteiger partial charge in [0.2, 0.25) is 0 Å². The average Bonchev–Trinajstić information content (AvgIpc) is 1.89. The molecule has 0 rings (SSSR count). The van der Waals surface area contributed by atoms with Crippen molar-refractivity contribution in [2.75, 3.05) is 13.1 Å². The van der Waals surface area contributed by atoms with Crippen LogP contribution in [0.5, 0.6) is 0 Å². The molecule has 5 nitrogen and oxygen atoms in total. The second-order valence-electron chi connectivity index (χ2n) is 1.92. The van der Waals surface area contributed by atoms with Crippen LogP contribution in [0.1, 0.15) is 13.8 Å². The van der Waals surface area contributed by atoms with Crippen LogP contribution in [-0.4, -0.2) is 31.4 Å². The Morgan fingerprint density at radius 2 is 1.55 bits per heavy atom. The van der Waals surface area contributed by atoms with E-state index in [4.69, 9.17) is 0 Å². The second-order valence-corrected chi connectivity index (χ2v) is 3.85. The van der Waals surface area contributed by atoms with Crippen molar-refractivity contribution >= 4 is 10.0 Å². The minimum atomic E-state index is -4.12. The number of hydrogen-bond donors (Lipinski definition) is 0. The Hall–Kier alpha value is -0.170. The van der Waals surface area contributed by atoms with Crippen molar-refractivity contribution in [2.45, 2.75) is 19.5 Å². The first-order chi connectivity index (χ1) is 4.96. The molecule has 0 N–H and O–H groups in total. The summed E-state index contributed by atoms with van der Waals surface area (Å²) in [4.78, 5) is 0. The smallest absolute Gasteiger partial charge is 0.207 e. The van der Waals surface area contributed by atoms with Crippen LogP contribution >= 0.6 is 0 Å². The van der Waals surface area contributed by atoms with E-state index in [2.05, 4.69) is 0 Å². The molecule has 0 saturated heterocycles. The highest BCUT2D eigenvalue weighted by molar-refractivity contribution is 7.89. The van der Waals surface area contributed by atoms with Gasteiger partial charge in [-0.15, -0.1) is 0 Å². The molecule has 0 aliphatic rings. The fraction of sp³-hybridized carbons (Fsp3) is 1.00. The lowest BCUT2D eigenvalue weighted by Crippen LogP contribution is -2.37. The number of hydrogen-bond acceptors (Lipinski definition) is 2. The van der Waals surface area contributed by atoms with Crippen LogP contribution in [0.25, 0.3) is 0 Å². The van der Waals surface area contributed by atoms with Crippen LogP contribution in [0.2, 0.25) is 0 Å². The topological polar surface area (TPSA) is 77.2 Å². The zero-order valence-electron chi connectivity index (χ0n) is 6.48. The van der Waals surface area contributed by atoms with E-state index in [0.717, 1.165) is 4.31 Å². The van der Waals surface area contributed by atoms with Gasteiger partial charge in [0.25, 0.3) is 10.0 Å². The summed E-state index contributed by atoms with van der Waals surface area (Å²) in [7, 11) is -4.12.